The van der Waals surface area contributed by atoms with Gasteiger partial charge in [-0.05, 0) is 65.3 Å². The molecule has 3 amide bonds. The van der Waals surface area contributed by atoms with Gasteiger partial charge in [-0.2, -0.15) is 0 Å². The first-order valence-electron chi connectivity index (χ1n) is 10.5. The van der Waals surface area contributed by atoms with Crippen LogP contribution in [0.1, 0.15) is 52.0 Å². The highest BCUT2D eigenvalue weighted by Crippen LogP contribution is 2.25. The molecule has 0 aliphatic carbocycles. The van der Waals surface area contributed by atoms with E-state index in [1.54, 1.807) is 23.1 Å². The Morgan fingerprint density at radius 2 is 1.94 bits per heavy atom. The fourth-order valence-electron chi connectivity index (χ4n) is 3.79. The molecule has 1 fully saturated rings. The van der Waals surface area contributed by atoms with E-state index in [1.165, 1.54) is 15.9 Å². The van der Waals surface area contributed by atoms with Gasteiger partial charge in [0.1, 0.15) is 6.33 Å². The molecule has 0 radical (unpaired) electrons. The number of hydrogen-bond acceptors (Lipinski definition) is 6. The van der Waals surface area contributed by atoms with Crippen LogP contribution in [0.15, 0.2) is 24.5 Å². The number of urea groups is 1. The standard InChI is InChI=1S/C21H30ClN7O2/c1-21(2,3)12-17(23)19(30)28(20(31)27-9-5-4-6-10-27)13-15-11-16(22)7-8-18(15)29-14-24-25-26-29/h7-8,11,14,17H,4-6,9-10,12-13,23H2,1-3H3/t17-/m1/s1. The summed E-state index contributed by atoms with van der Waals surface area (Å²) in [6.45, 7) is 7.35. The number of carbonyl (C=O) groups excluding carboxylic acids is 2. The molecule has 1 aromatic carbocycles. The summed E-state index contributed by atoms with van der Waals surface area (Å²) in [6.07, 6.45) is 4.85. The normalized spacial score (nSPS) is 15.6. The maximum Gasteiger partial charge on any atom is 0.327 e. The zero-order valence-corrected chi connectivity index (χ0v) is 19.0. The molecule has 1 saturated heterocycles. The van der Waals surface area contributed by atoms with Crippen molar-refractivity contribution in [1.29, 1.82) is 0 Å². The fourth-order valence-corrected chi connectivity index (χ4v) is 3.98. The highest BCUT2D eigenvalue weighted by molar-refractivity contribution is 6.30. The molecule has 1 aliphatic heterocycles. The van der Waals surface area contributed by atoms with E-state index in [4.69, 9.17) is 17.3 Å². The lowest BCUT2D eigenvalue weighted by atomic mass is 9.88. The van der Waals surface area contributed by atoms with Crippen molar-refractivity contribution < 1.29 is 9.59 Å². The molecule has 1 aromatic heterocycles. The number of piperidine rings is 1. The van der Waals surface area contributed by atoms with Crippen LogP contribution in [0.3, 0.4) is 0 Å². The number of benzene rings is 1. The van der Waals surface area contributed by atoms with Crippen molar-refractivity contribution in [2.24, 2.45) is 11.1 Å². The number of nitrogens with two attached hydrogens (primary N) is 1. The summed E-state index contributed by atoms with van der Waals surface area (Å²) in [4.78, 5) is 29.7. The lowest BCUT2D eigenvalue weighted by Crippen LogP contribution is -2.53. The zero-order valence-electron chi connectivity index (χ0n) is 18.3. The lowest BCUT2D eigenvalue weighted by molar-refractivity contribution is -0.131. The third-order valence-corrected chi connectivity index (χ3v) is 5.47. The predicted octanol–water partition coefficient (Wildman–Crippen LogP) is 3.01. The van der Waals surface area contributed by atoms with Crippen molar-refractivity contribution in [2.75, 3.05) is 13.1 Å². The molecule has 31 heavy (non-hydrogen) atoms. The predicted molar refractivity (Wildman–Crippen MR) is 118 cm³/mol. The van der Waals surface area contributed by atoms with Gasteiger partial charge in [-0.1, -0.05) is 32.4 Å². The van der Waals surface area contributed by atoms with Crippen molar-refractivity contribution >= 4 is 23.5 Å². The van der Waals surface area contributed by atoms with Gasteiger partial charge >= 0.3 is 6.03 Å². The average Bonchev–Trinajstić information content (AvgIpc) is 3.25. The highest BCUT2D eigenvalue weighted by Gasteiger charge is 2.33. The monoisotopic (exact) mass is 447 g/mol. The van der Waals surface area contributed by atoms with Gasteiger partial charge in [0, 0.05) is 18.1 Å². The topological polar surface area (TPSA) is 110 Å². The molecule has 0 bridgehead atoms. The largest absolute Gasteiger partial charge is 0.327 e. The summed E-state index contributed by atoms with van der Waals surface area (Å²) in [5, 5.41) is 11.8. The van der Waals surface area contributed by atoms with Crippen LogP contribution in [0.5, 0.6) is 0 Å². The van der Waals surface area contributed by atoms with Gasteiger partial charge in [0.05, 0.1) is 18.3 Å². The van der Waals surface area contributed by atoms with Crippen molar-refractivity contribution in [2.45, 2.75) is 59.0 Å². The molecule has 1 atom stereocenters. The van der Waals surface area contributed by atoms with E-state index in [-0.39, 0.29) is 18.0 Å². The Bertz CT molecular complexity index is 905. The number of rotatable bonds is 5. The van der Waals surface area contributed by atoms with Crippen LogP contribution in [0.4, 0.5) is 4.79 Å². The second-order valence-electron chi connectivity index (χ2n) is 9.15. The van der Waals surface area contributed by atoms with Gasteiger partial charge < -0.3 is 10.6 Å². The molecule has 2 heterocycles. The fraction of sp³-hybridized carbons (Fsp3) is 0.571. The number of tetrazole rings is 1. The average molecular weight is 448 g/mol. The molecule has 0 unspecified atom stereocenters. The lowest BCUT2D eigenvalue weighted by Gasteiger charge is -2.34. The van der Waals surface area contributed by atoms with Gasteiger partial charge in [-0.15, -0.1) is 5.10 Å². The number of halogens is 1. The minimum absolute atomic E-state index is 0.0295. The molecule has 1 aliphatic rings. The van der Waals surface area contributed by atoms with E-state index in [9.17, 15) is 9.59 Å². The Morgan fingerprint density at radius 1 is 1.23 bits per heavy atom. The third kappa shape index (κ3) is 6.01. The minimum Gasteiger partial charge on any atom is -0.324 e. The molecule has 0 spiro atoms. The van der Waals surface area contributed by atoms with Gasteiger partial charge in [0.15, 0.2) is 0 Å². The second-order valence-corrected chi connectivity index (χ2v) is 9.59. The maximum absolute atomic E-state index is 13.4. The zero-order chi connectivity index (χ0) is 22.6. The SMILES string of the molecule is CC(C)(C)C[C@@H](N)C(=O)N(Cc1cc(Cl)ccc1-n1cnnn1)C(=O)N1CCCCC1. The Balaban J connectivity index is 1.94. The van der Waals surface area contributed by atoms with Crippen LogP contribution in [-0.2, 0) is 11.3 Å². The number of aromatic nitrogens is 4. The Hall–Kier alpha value is -2.52. The molecular weight excluding hydrogens is 418 g/mol. The van der Waals surface area contributed by atoms with Gasteiger partial charge in [-0.25, -0.2) is 9.48 Å². The Kier molecular flexibility index (Phi) is 7.27. The number of carbonyl (C=O) groups is 2. The van der Waals surface area contributed by atoms with Crippen LogP contribution < -0.4 is 5.73 Å². The van der Waals surface area contributed by atoms with Crippen LogP contribution in [0.2, 0.25) is 5.02 Å². The summed E-state index contributed by atoms with van der Waals surface area (Å²) >= 11 is 6.23. The quantitative estimate of drug-likeness (QED) is 0.754. The smallest absolute Gasteiger partial charge is 0.324 e. The molecule has 10 heteroatoms. The summed E-state index contributed by atoms with van der Waals surface area (Å²) < 4.78 is 1.48. The second kappa shape index (κ2) is 9.74. The molecule has 168 valence electrons. The molecule has 0 saturated carbocycles. The van der Waals surface area contributed by atoms with Gasteiger partial charge in [-0.3, -0.25) is 9.69 Å². The first-order chi connectivity index (χ1) is 14.7. The van der Waals surface area contributed by atoms with Crippen LogP contribution >= 0.6 is 11.6 Å². The first-order valence-corrected chi connectivity index (χ1v) is 10.9. The number of amides is 3. The number of hydrogen-bond donors (Lipinski definition) is 1. The Morgan fingerprint density at radius 3 is 2.55 bits per heavy atom. The van der Waals surface area contributed by atoms with Crippen molar-refractivity contribution in [1.82, 2.24) is 30.0 Å². The van der Waals surface area contributed by atoms with Gasteiger partial charge in [0.2, 0.25) is 5.91 Å². The summed E-state index contributed by atoms with van der Waals surface area (Å²) in [5.74, 6) is -0.395. The molecular formula is C21H30ClN7O2. The first kappa shape index (κ1) is 23.1. The van der Waals surface area contributed by atoms with E-state index >= 15 is 0 Å². The maximum atomic E-state index is 13.4. The molecule has 2 N–H and O–H groups in total. The van der Waals surface area contributed by atoms with Crippen LogP contribution in [0.25, 0.3) is 5.69 Å². The third-order valence-electron chi connectivity index (χ3n) is 5.24. The Labute approximate surface area is 187 Å². The van der Waals surface area contributed by atoms with E-state index in [0.717, 1.165) is 19.3 Å². The van der Waals surface area contributed by atoms with Crippen LogP contribution in [-0.4, -0.2) is 61.1 Å². The molecule has 3 rings (SSSR count). The summed E-state index contributed by atoms with van der Waals surface area (Å²) in [6, 6.07) is 4.09. The number of imide groups is 1. The minimum atomic E-state index is -0.788. The van der Waals surface area contributed by atoms with Crippen molar-refractivity contribution in [3.05, 3.63) is 35.1 Å². The van der Waals surface area contributed by atoms with E-state index in [1.807, 2.05) is 20.8 Å². The van der Waals surface area contributed by atoms with Crippen molar-refractivity contribution in [3.8, 4) is 5.69 Å². The molecule has 9 nitrogen and oxygen atoms in total. The van der Waals surface area contributed by atoms with E-state index in [2.05, 4.69) is 15.5 Å². The highest BCUT2D eigenvalue weighted by atomic mass is 35.5. The van der Waals surface area contributed by atoms with E-state index < -0.39 is 11.9 Å². The summed E-state index contributed by atoms with van der Waals surface area (Å²) in [5.41, 5.74) is 7.41. The number of likely N-dealkylation sites (tertiary alicyclic amines) is 1. The van der Waals surface area contributed by atoms with Gasteiger partial charge in [0.25, 0.3) is 0 Å². The van der Waals surface area contributed by atoms with Crippen molar-refractivity contribution in [3.63, 3.8) is 0 Å². The van der Waals surface area contributed by atoms with E-state index in [0.29, 0.717) is 35.8 Å². The van der Waals surface area contributed by atoms with Crippen LogP contribution in [0, 0.1) is 5.41 Å². The summed E-state index contributed by atoms with van der Waals surface area (Å²) in [7, 11) is 0. The molecule has 2 aromatic rings. The number of nitrogens with zero attached hydrogens (tertiary/aromatic N) is 6.